The van der Waals surface area contributed by atoms with Gasteiger partial charge in [0.1, 0.15) is 12.6 Å². The lowest BCUT2D eigenvalue weighted by atomic mass is 10.00. The van der Waals surface area contributed by atoms with Gasteiger partial charge in [0.2, 0.25) is 5.91 Å². The van der Waals surface area contributed by atoms with Crippen molar-refractivity contribution in [2.24, 2.45) is 10.7 Å². The Kier molecular flexibility index (Phi) is 9.39. The third-order valence-electron chi connectivity index (χ3n) is 6.04. The van der Waals surface area contributed by atoms with Crippen LogP contribution in [0.25, 0.3) is 0 Å². The summed E-state index contributed by atoms with van der Waals surface area (Å²) in [5, 5.41) is 20.4. The second kappa shape index (κ2) is 12.7. The van der Waals surface area contributed by atoms with Crippen molar-refractivity contribution < 1.29 is 39.0 Å². The Labute approximate surface area is 223 Å². The van der Waals surface area contributed by atoms with E-state index in [-0.39, 0.29) is 0 Å². The summed E-state index contributed by atoms with van der Waals surface area (Å²) in [6.07, 6.45) is -1.77. The first-order chi connectivity index (χ1) is 18.5. The number of rotatable bonds is 12. The molecule has 12 nitrogen and oxygen atoms in total. The van der Waals surface area contributed by atoms with Crippen LogP contribution in [-0.4, -0.2) is 75.9 Å². The number of aliphatic carboxylic acids is 2. The van der Waals surface area contributed by atoms with E-state index in [1.165, 1.54) is 0 Å². The predicted molar refractivity (Wildman–Crippen MR) is 139 cm³/mol. The van der Waals surface area contributed by atoms with Crippen molar-refractivity contribution in [1.82, 2.24) is 5.32 Å². The number of carbonyl (C=O) groups is 6. The molecule has 2 aromatic rings. The highest BCUT2D eigenvalue weighted by molar-refractivity contribution is 6.21. The monoisotopic (exact) mass is 536 g/mol. The number of nitrogens with one attached hydrogen (secondary N) is 1. The summed E-state index contributed by atoms with van der Waals surface area (Å²) in [4.78, 5) is 79.2. The van der Waals surface area contributed by atoms with Crippen molar-refractivity contribution in [2.45, 2.75) is 44.3 Å². The van der Waals surface area contributed by atoms with Gasteiger partial charge in [-0.1, -0.05) is 48.5 Å². The zero-order chi connectivity index (χ0) is 28.7. The van der Waals surface area contributed by atoms with E-state index in [0.29, 0.717) is 22.5 Å². The summed E-state index contributed by atoms with van der Waals surface area (Å²) >= 11 is 0. The molecule has 0 fully saturated rings. The lowest BCUT2D eigenvalue weighted by Gasteiger charge is -2.25. The summed E-state index contributed by atoms with van der Waals surface area (Å²) in [5.41, 5.74) is 7.55. The summed E-state index contributed by atoms with van der Waals surface area (Å²) in [6, 6.07) is 11.5. The Bertz CT molecular complexity index is 1320. The van der Waals surface area contributed by atoms with Gasteiger partial charge in [0, 0.05) is 17.5 Å². The largest absolute Gasteiger partial charge is 0.481 e. The van der Waals surface area contributed by atoms with E-state index in [1.54, 1.807) is 54.6 Å². The molecule has 12 heteroatoms. The highest BCUT2D eigenvalue weighted by atomic mass is 16.4. The molecule has 5 N–H and O–H groups in total. The molecule has 39 heavy (non-hydrogen) atoms. The van der Waals surface area contributed by atoms with Gasteiger partial charge in [0.15, 0.2) is 11.6 Å². The number of fused-ring (bicyclic) bond motifs is 1. The van der Waals surface area contributed by atoms with Crippen LogP contribution in [0.1, 0.15) is 37.3 Å². The fraction of sp³-hybridized carbons (Fsp3) is 0.296. The lowest BCUT2D eigenvalue weighted by Crippen LogP contribution is -2.49. The van der Waals surface area contributed by atoms with E-state index in [1.807, 2.05) is 0 Å². The summed E-state index contributed by atoms with van der Waals surface area (Å²) in [6.45, 7) is 0.547. The van der Waals surface area contributed by atoms with Crippen LogP contribution in [0.15, 0.2) is 59.6 Å². The number of Topliss-reactive ketones (excluding diaryl/α,β-unsaturated/α-hetero) is 2. The zero-order valence-electron chi connectivity index (χ0n) is 21.1. The maximum atomic E-state index is 13.8. The molecule has 0 aliphatic carbocycles. The minimum Gasteiger partial charge on any atom is -0.481 e. The van der Waals surface area contributed by atoms with E-state index in [2.05, 4.69) is 10.3 Å². The number of carboxylic acid groups (broad SMARTS) is 2. The molecule has 0 saturated heterocycles. The number of hydrogen-bond donors (Lipinski definition) is 4. The number of aliphatic imine (C=N–C) groups is 1. The fourth-order valence-corrected chi connectivity index (χ4v) is 4.11. The second-order valence-electron chi connectivity index (χ2n) is 9.00. The number of nitrogens with zero attached hydrogens (tertiary/aromatic N) is 2. The number of carboxylic acids is 2. The van der Waals surface area contributed by atoms with Crippen LogP contribution >= 0.6 is 0 Å². The summed E-state index contributed by atoms with van der Waals surface area (Å²) in [7, 11) is 0. The number of nitrogens with two attached hydrogens (primary N) is 1. The van der Waals surface area contributed by atoms with Crippen molar-refractivity contribution in [3.63, 3.8) is 0 Å². The third kappa shape index (κ3) is 7.42. The third-order valence-corrected chi connectivity index (χ3v) is 6.04. The molecular formula is C27H28N4O8. The molecule has 204 valence electrons. The van der Waals surface area contributed by atoms with Crippen LogP contribution in [0.3, 0.4) is 0 Å². The van der Waals surface area contributed by atoms with Crippen LogP contribution < -0.4 is 16.0 Å². The molecule has 0 spiro atoms. The van der Waals surface area contributed by atoms with Gasteiger partial charge < -0.3 is 26.2 Å². The van der Waals surface area contributed by atoms with Crippen molar-refractivity contribution in [1.29, 1.82) is 0 Å². The molecule has 3 atom stereocenters. The maximum Gasteiger partial charge on any atom is 0.305 e. The van der Waals surface area contributed by atoms with E-state index >= 15 is 0 Å². The average molecular weight is 537 g/mol. The molecule has 0 aromatic heterocycles. The molecule has 2 amide bonds. The number of carbonyl (C=O) groups excluding carboxylic acids is 4. The lowest BCUT2D eigenvalue weighted by molar-refractivity contribution is -0.140. The van der Waals surface area contributed by atoms with Gasteiger partial charge in [-0.25, -0.2) is 0 Å². The van der Waals surface area contributed by atoms with Crippen molar-refractivity contribution in [3.8, 4) is 0 Å². The molecule has 0 radical (unpaired) electrons. The molecule has 0 saturated carbocycles. The summed E-state index contributed by atoms with van der Waals surface area (Å²) < 4.78 is 0. The van der Waals surface area contributed by atoms with Gasteiger partial charge in [0.25, 0.3) is 5.91 Å². The van der Waals surface area contributed by atoms with E-state index in [4.69, 9.17) is 15.9 Å². The van der Waals surface area contributed by atoms with Crippen LogP contribution in [-0.2, 0) is 28.8 Å². The Morgan fingerprint density at radius 2 is 1.59 bits per heavy atom. The van der Waals surface area contributed by atoms with Gasteiger partial charge in [-0.3, -0.25) is 33.8 Å². The normalized spacial score (nSPS) is 16.3. The molecule has 0 bridgehead atoms. The SMILES string of the molecule is CC(=O)[C@H](CC(=O)O)NC(=O)CN1C(=O)C(CC(=O)[C@@H](N)CC(=O)O)N=C(c2ccccc2)c2ccccc21. The predicted octanol–water partition coefficient (Wildman–Crippen LogP) is 0.549. The highest BCUT2D eigenvalue weighted by Gasteiger charge is 2.36. The first-order valence-electron chi connectivity index (χ1n) is 12.0. The Hall–Kier alpha value is -4.71. The zero-order valence-corrected chi connectivity index (χ0v) is 21.1. The van der Waals surface area contributed by atoms with Gasteiger partial charge in [-0.05, 0) is 13.0 Å². The minimum atomic E-state index is -1.36. The highest BCUT2D eigenvalue weighted by Crippen LogP contribution is 2.29. The maximum absolute atomic E-state index is 13.8. The fourth-order valence-electron chi connectivity index (χ4n) is 4.11. The number of anilines is 1. The summed E-state index contributed by atoms with van der Waals surface area (Å²) in [5.74, 6) is -5.35. The second-order valence-corrected chi connectivity index (χ2v) is 9.00. The Morgan fingerprint density at radius 1 is 0.974 bits per heavy atom. The molecular weight excluding hydrogens is 508 g/mol. The number of benzodiazepines with no additional fused rings is 1. The van der Waals surface area contributed by atoms with Gasteiger partial charge in [0.05, 0.1) is 36.3 Å². The molecule has 2 aromatic carbocycles. The van der Waals surface area contributed by atoms with Gasteiger partial charge in [-0.2, -0.15) is 0 Å². The minimum absolute atomic E-state index is 0.308. The van der Waals surface area contributed by atoms with E-state index in [0.717, 1.165) is 11.8 Å². The molecule has 1 unspecified atom stereocenters. The standard InChI is InChI=1S/C27H28N4O8/c1-15(32)19(13-25(37)38)29-23(34)14-31-21-10-6-5-9-17(21)26(16-7-3-2-4-8-16)30-20(27(31)39)12-22(33)18(28)11-24(35)36/h2-10,18-20H,11-14,28H2,1H3,(H,29,34)(H,35,36)(H,37,38)/t18-,19-,20?/m0/s1. The first-order valence-corrected chi connectivity index (χ1v) is 12.0. The first kappa shape index (κ1) is 28.9. The Morgan fingerprint density at radius 3 is 2.21 bits per heavy atom. The molecule has 1 aliphatic heterocycles. The van der Waals surface area contributed by atoms with Crippen LogP contribution in [0.4, 0.5) is 5.69 Å². The molecule has 3 rings (SSSR count). The number of benzene rings is 2. The molecule has 1 aliphatic rings. The number of ketones is 2. The van der Waals surface area contributed by atoms with Gasteiger partial charge in [-0.15, -0.1) is 0 Å². The van der Waals surface area contributed by atoms with Crippen LogP contribution in [0.5, 0.6) is 0 Å². The quantitative estimate of drug-likeness (QED) is 0.299. The number of amides is 2. The average Bonchev–Trinajstić information content (AvgIpc) is 2.98. The van der Waals surface area contributed by atoms with E-state index < -0.39 is 79.3 Å². The van der Waals surface area contributed by atoms with E-state index in [9.17, 15) is 28.8 Å². The van der Waals surface area contributed by atoms with Crippen molar-refractivity contribution in [2.75, 3.05) is 11.4 Å². The number of para-hydroxylation sites is 1. The molecule has 1 heterocycles. The Balaban J connectivity index is 2.03. The van der Waals surface area contributed by atoms with Gasteiger partial charge >= 0.3 is 11.9 Å². The van der Waals surface area contributed by atoms with Crippen LogP contribution in [0, 0.1) is 0 Å². The topological polar surface area (TPSA) is 197 Å². The van der Waals surface area contributed by atoms with Crippen molar-refractivity contribution >= 4 is 46.7 Å². The smallest absolute Gasteiger partial charge is 0.305 e. The van der Waals surface area contributed by atoms with Crippen molar-refractivity contribution in [3.05, 3.63) is 65.7 Å². The van der Waals surface area contributed by atoms with Crippen LogP contribution in [0.2, 0.25) is 0 Å². The number of hydrogen-bond acceptors (Lipinski definition) is 8.